The number of hydrogen-bond donors (Lipinski definition) is 4. The Balaban J connectivity index is 1.11. The molecule has 17 heteroatoms. The maximum absolute atomic E-state index is 14.2. The molecule has 0 spiro atoms. The highest BCUT2D eigenvalue weighted by molar-refractivity contribution is 5.87. The Morgan fingerprint density at radius 1 is 0.725 bits per heavy atom. The number of amides is 4. The predicted molar refractivity (Wildman–Crippen MR) is 263 cm³/mol. The molecule has 3 aliphatic rings. The maximum Gasteiger partial charge on any atom is 0.407 e. The number of hydrogen-bond acceptors (Lipinski definition) is 10. The van der Waals surface area contributed by atoms with Crippen molar-refractivity contribution in [3.8, 4) is 0 Å². The summed E-state index contributed by atoms with van der Waals surface area (Å²) in [6.07, 6.45) is 0.590. The minimum absolute atomic E-state index is 0.00259. The van der Waals surface area contributed by atoms with Crippen LogP contribution in [0.25, 0.3) is 22.1 Å². The number of rotatable bonds is 13. The standard InChI is InChI=1S/C52H69N9O8/c1-28(2)44(57-50(64)69-11)48(62)59-26-34(67-9)24-42(59)46-53-36-18-12-30(22-38(36)55-46)40-20-21-41(61(40)33-16-14-32(15-17-33)52(5,6)7)31-13-19-37-39(23-31)56-47(54-37)43-25-35(68-10)27-60(43)49(63)45(29(3)4)58(8)51(65)66/h12-19,22-23,28-29,34-35,40-45H,20-21,24-27H2,1-11H3,(H,53,55)(H,54,56)(H,57,64)(H,65,66)/t34-,35-,40+,41+,42-,43-,44-,45-/m0/s1. The first-order valence-electron chi connectivity index (χ1n) is 24.2. The van der Waals surface area contributed by atoms with Crippen molar-refractivity contribution in [3.05, 3.63) is 89.0 Å². The van der Waals surface area contributed by atoms with Gasteiger partial charge >= 0.3 is 12.2 Å². The van der Waals surface area contributed by atoms with Gasteiger partial charge < -0.3 is 49.3 Å². The summed E-state index contributed by atoms with van der Waals surface area (Å²) in [5.41, 5.74) is 7.85. The zero-order valence-corrected chi connectivity index (χ0v) is 41.8. The van der Waals surface area contributed by atoms with E-state index >= 15 is 0 Å². The van der Waals surface area contributed by atoms with Gasteiger partial charge in [0.25, 0.3) is 0 Å². The van der Waals surface area contributed by atoms with Gasteiger partial charge in [-0.05, 0) is 83.2 Å². The van der Waals surface area contributed by atoms with Crippen molar-refractivity contribution in [2.45, 2.75) is 128 Å². The van der Waals surface area contributed by atoms with Crippen molar-refractivity contribution in [2.24, 2.45) is 11.8 Å². The molecular weight excluding hydrogens is 879 g/mol. The molecule has 8 atom stereocenters. The van der Waals surface area contributed by atoms with Gasteiger partial charge in [-0.2, -0.15) is 0 Å². The van der Waals surface area contributed by atoms with Crippen LogP contribution < -0.4 is 10.2 Å². The predicted octanol–water partition coefficient (Wildman–Crippen LogP) is 8.41. The summed E-state index contributed by atoms with van der Waals surface area (Å²) >= 11 is 0. The van der Waals surface area contributed by atoms with E-state index in [0.29, 0.717) is 37.6 Å². The second kappa shape index (κ2) is 19.7. The molecule has 0 aliphatic carbocycles. The van der Waals surface area contributed by atoms with Crippen molar-refractivity contribution in [1.82, 2.24) is 40.0 Å². The number of alkyl carbamates (subject to hydrolysis) is 1. The van der Waals surface area contributed by atoms with Gasteiger partial charge in [-0.25, -0.2) is 19.6 Å². The average molecular weight is 948 g/mol. The van der Waals surface area contributed by atoms with Crippen molar-refractivity contribution in [3.63, 3.8) is 0 Å². The van der Waals surface area contributed by atoms with Crippen LogP contribution in [-0.2, 0) is 29.2 Å². The smallest absolute Gasteiger partial charge is 0.407 e. The highest BCUT2D eigenvalue weighted by Crippen LogP contribution is 2.48. The van der Waals surface area contributed by atoms with Crippen molar-refractivity contribution in [1.29, 1.82) is 0 Å². The topological polar surface area (TPSA) is 199 Å². The SMILES string of the molecule is COC(=O)N[C@H](C(=O)N1C[C@@H](OC)C[C@H]1c1nc2cc([C@H]3CC[C@H](c4ccc5[nH]c([C@@H]6C[C@H](OC)CN6C(=O)[C@H](C(C)C)N(C)C(=O)O)nc5c4)N3c3ccc(C(C)(C)C)cc3)ccc2[nH]1)C(C)C. The molecule has 8 rings (SSSR count). The molecule has 0 radical (unpaired) electrons. The van der Waals surface area contributed by atoms with Crippen LogP contribution in [0.5, 0.6) is 0 Å². The quantitative estimate of drug-likeness (QED) is 0.0884. The van der Waals surface area contributed by atoms with Gasteiger partial charge in [0.1, 0.15) is 23.7 Å². The second-order valence-electron chi connectivity index (χ2n) is 20.7. The van der Waals surface area contributed by atoms with E-state index in [4.69, 9.17) is 24.2 Å². The number of carboxylic acid groups (broad SMARTS) is 1. The number of aromatic amines is 2. The number of likely N-dealkylation sites (N-methyl/N-ethyl adjacent to an activating group) is 1. The van der Waals surface area contributed by atoms with Crippen LogP contribution in [0.1, 0.15) is 127 Å². The molecule has 370 valence electrons. The Hall–Kier alpha value is -6.20. The largest absolute Gasteiger partial charge is 0.465 e. The lowest BCUT2D eigenvalue weighted by Gasteiger charge is -2.34. The van der Waals surface area contributed by atoms with Crippen LogP contribution in [0.3, 0.4) is 0 Å². The number of anilines is 1. The summed E-state index contributed by atoms with van der Waals surface area (Å²) < 4.78 is 16.4. The number of nitrogens with one attached hydrogen (secondary N) is 3. The molecule has 0 bridgehead atoms. The van der Waals surface area contributed by atoms with Gasteiger partial charge in [-0.1, -0.05) is 72.7 Å². The molecular formula is C52H69N9O8. The monoisotopic (exact) mass is 948 g/mol. The van der Waals surface area contributed by atoms with E-state index in [1.807, 2.05) is 27.7 Å². The molecule has 17 nitrogen and oxygen atoms in total. The molecule has 0 saturated carbocycles. The fraction of sp³-hybridized carbons (Fsp3) is 0.538. The zero-order valence-electron chi connectivity index (χ0n) is 41.8. The summed E-state index contributed by atoms with van der Waals surface area (Å²) in [4.78, 5) is 77.0. The van der Waals surface area contributed by atoms with Gasteiger partial charge in [0.05, 0.1) is 65.6 Å². The third-order valence-corrected chi connectivity index (χ3v) is 14.6. The van der Waals surface area contributed by atoms with E-state index in [-0.39, 0.29) is 59.4 Å². The summed E-state index contributed by atoms with van der Waals surface area (Å²) in [6, 6.07) is 19.2. The van der Waals surface area contributed by atoms with Crippen LogP contribution in [0.2, 0.25) is 0 Å². The summed E-state index contributed by atoms with van der Waals surface area (Å²) in [5.74, 6) is 0.396. The molecule has 3 aromatic carbocycles. The first kappa shape index (κ1) is 49.2. The number of benzene rings is 3. The number of carbonyl (C=O) groups excluding carboxylic acids is 3. The van der Waals surface area contributed by atoms with E-state index in [1.165, 1.54) is 19.7 Å². The molecule has 3 fully saturated rings. The lowest BCUT2D eigenvalue weighted by molar-refractivity contribution is -0.139. The fourth-order valence-corrected chi connectivity index (χ4v) is 10.8. The Labute approximate surface area is 404 Å². The number of nitrogens with zero attached hydrogens (tertiary/aromatic N) is 6. The third kappa shape index (κ3) is 9.72. The molecule has 5 heterocycles. The third-order valence-electron chi connectivity index (χ3n) is 14.6. The van der Waals surface area contributed by atoms with Crippen LogP contribution in [0.15, 0.2) is 60.7 Å². The molecule has 2 aromatic heterocycles. The lowest BCUT2D eigenvalue weighted by Crippen LogP contribution is -2.51. The molecule has 4 N–H and O–H groups in total. The van der Waals surface area contributed by atoms with Crippen LogP contribution >= 0.6 is 0 Å². The number of aromatic nitrogens is 4. The first-order valence-corrected chi connectivity index (χ1v) is 24.2. The number of ether oxygens (including phenoxy) is 3. The van der Waals surface area contributed by atoms with Crippen LogP contribution in [-0.4, -0.2) is 130 Å². The van der Waals surface area contributed by atoms with E-state index in [1.54, 1.807) is 24.0 Å². The molecule has 69 heavy (non-hydrogen) atoms. The molecule has 3 saturated heterocycles. The van der Waals surface area contributed by atoms with E-state index in [2.05, 4.69) is 102 Å². The van der Waals surface area contributed by atoms with Crippen LogP contribution in [0, 0.1) is 11.8 Å². The van der Waals surface area contributed by atoms with Gasteiger partial charge in [0.2, 0.25) is 11.8 Å². The zero-order chi connectivity index (χ0) is 49.6. The minimum atomic E-state index is -1.16. The first-order chi connectivity index (χ1) is 32.8. The van der Waals surface area contributed by atoms with Gasteiger partial charge in [0, 0.05) is 52.9 Å². The average Bonchev–Trinajstić information content (AvgIpc) is 4.17. The Bertz CT molecular complexity index is 2670. The normalized spacial score (nSPS) is 22.8. The summed E-state index contributed by atoms with van der Waals surface area (Å²) in [5, 5.41) is 12.6. The van der Waals surface area contributed by atoms with Gasteiger partial charge in [-0.15, -0.1) is 0 Å². The maximum atomic E-state index is 14.2. The van der Waals surface area contributed by atoms with Gasteiger partial charge in [0.15, 0.2) is 0 Å². The van der Waals surface area contributed by atoms with E-state index < -0.39 is 30.3 Å². The highest BCUT2D eigenvalue weighted by atomic mass is 16.5. The minimum Gasteiger partial charge on any atom is -0.465 e. The Morgan fingerprint density at radius 2 is 1.22 bits per heavy atom. The number of H-pyrrole nitrogens is 2. The molecule has 5 aromatic rings. The van der Waals surface area contributed by atoms with Gasteiger partial charge in [-0.3, -0.25) is 14.5 Å². The number of likely N-dealkylation sites (tertiary alicyclic amines) is 2. The van der Waals surface area contributed by atoms with E-state index in [9.17, 15) is 24.3 Å². The molecule has 3 aliphatic heterocycles. The highest BCUT2D eigenvalue weighted by Gasteiger charge is 2.45. The Kier molecular flexibility index (Phi) is 14.0. The molecule has 0 unspecified atom stereocenters. The fourth-order valence-electron chi connectivity index (χ4n) is 10.8. The number of carbonyl (C=O) groups is 4. The molecule has 4 amide bonds. The van der Waals surface area contributed by atoms with Crippen LogP contribution in [0.4, 0.5) is 15.3 Å². The summed E-state index contributed by atoms with van der Waals surface area (Å²) in [6.45, 7) is 14.8. The number of methoxy groups -OCH3 is 3. The van der Waals surface area contributed by atoms with E-state index in [0.717, 1.165) is 56.6 Å². The van der Waals surface area contributed by atoms with Crippen molar-refractivity contribution < 1.29 is 38.5 Å². The van der Waals surface area contributed by atoms with Crippen molar-refractivity contribution in [2.75, 3.05) is 46.4 Å². The van der Waals surface area contributed by atoms with Crippen molar-refractivity contribution >= 4 is 51.8 Å². The second-order valence-corrected chi connectivity index (χ2v) is 20.7. The lowest BCUT2D eigenvalue weighted by atomic mass is 9.87. The Morgan fingerprint density at radius 3 is 1.64 bits per heavy atom. The number of imidazole rings is 2. The number of fused-ring (bicyclic) bond motifs is 2. The summed E-state index contributed by atoms with van der Waals surface area (Å²) in [7, 11) is 6.01.